The van der Waals surface area contributed by atoms with Gasteiger partial charge in [-0.05, 0) is 92.5 Å². The molecule has 0 spiro atoms. The normalized spacial score (nSPS) is 14.2. The Morgan fingerprint density at radius 1 is 0.465 bits per heavy atom. The molecular formula is C42H29N. The lowest BCUT2D eigenvalue weighted by molar-refractivity contribution is 0.794. The van der Waals surface area contributed by atoms with E-state index in [4.69, 9.17) is 0 Å². The second kappa shape index (κ2) is 9.58. The highest BCUT2D eigenvalue weighted by molar-refractivity contribution is 6.10. The van der Waals surface area contributed by atoms with Crippen LogP contribution >= 0.6 is 0 Å². The zero-order chi connectivity index (χ0) is 28.3. The number of fused-ring (bicyclic) bond motifs is 7. The number of benzene rings is 7. The molecule has 1 heterocycles. The van der Waals surface area contributed by atoms with Crippen molar-refractivity contribution in [3.05, 3.63) is 174 Å². The summed E-state index contributed by atoms with van der Waals surface area (Å²) < 4.78 is 2.41. The summed E-state index contributed by atoms with van der Waals surface area (Å²) >= 11 is 0. The molecular weight excluding hydrogens is 518 g/mol. The maximum absolute atomic E-state index is 2.42. The van der Waals surface area contributed by atoms with E-state index >= 15 is 0 Å². The molecule has 0 radical (unpaired) electrons. The smallest absolute Gasteiger partial charge is 0.0541 e. The van der Waals surface area contributed by atoms with Crippen LogP contribution < -0.4 is 0 Å². The van der Waals surface area contributed by atoms with Gasteiger partial charge in [0.15, 0.2) is 0 Å². The van der Waals surface area contributed by atoms with E-state index in [1.165, 1.54) is 77.2 Å². The van der Waals surface area contributed by atoms with Gasteiger partial charge in [0.05, 0.1) is 11.0 Å². The first-order valence-electron chi connectivity index (χ1n) is 15.1. The first-order valence-corrected chi connectivity index (χ1v) is 15.1. The lowest BCUT2D eigenvalue weighted by atomic mass is 9.75. The van der Waals surface area contributed by atoms with E-state index in [9.17, 15) is 0 Å². The van der Waals surface area contributed by atoms with Crippen molar-refractivity contribution in [1.82, 2.24) is 4.57 Å². The zero-order valence-corrected chi connectivity index (χ0v) is 23.7. The molecule has 0 amide bonds. The van der Waals surface area contributed by atoms with Crippen LogP contribution in [0, 0.1) is 0 Å². The molecule has 1 aliphatic carbocycles. The summed E-state index contributed by atoms with van der Waals surface area (Å²) in [6.07, 6.45) is 1.02. The Kier molecular flexibility index (Phi) is 5.39. The SMILES string of the molecule is c1ccc(C2Cc3ccc(-c4ccc5c(c4)c4ccccc4n5-c4ccc5ccccc5c4)cc3-c3ccccc32)cc1. The molecule has 1 atom stereocenters. The Morgan fingerprint density at radius 3 is 2.12 bits per heavy atom. The number of para-hydroxylation sites is 1. The van der Waals surface area contributed by atoms with Crippen molar-refractivity contribution in [3.8, 4) is 27.9 Å². The van der Waals surface area contributed by atoms with Gasteiger partial charge in [-0.25, -0.2) is 0 Å². The monoisotopic (exact) mass is 547 g/mol. The van der Waals surface area contributed by atoms with E-state index in [1.807, 2.05) is 0 Å². The maximum atomic E-state index is 2.42. The molecule has 0 fully saturated rings. The Hall–Kier alpha value is -5.40. The third-order valence-electron chi connectivity index (χ3n) is 9.36. The molecule has 1 unspecified atom stereocenters. The molecule has 202 valence electrons. The Balaban J connectivity index is 1.19. The summed E-state index contributed by atoms with van der Waals surface area (Å²) in [5.74, 6) is 0.383. The predicted molar refractivity (Wildman–Crippen MR) is 181 cm³/mol. The standard InChI is InChI=1S/C42H29N/c1-2-11-29(12-3-1)38-27-33-19-18-31(25-39(33)36-15-7-6-14-35(36)38)32-21-23-42-40(26-32)37-16-8-9-17-41(37)43(42)34-22-20-28-10-4-5-13-30(28)24-34/h1-26,38H,27H2. The van der Waals surface area contributed by atoms with Gasteiger partial charge in [-0.2, -0.15) is 0 Å². The molecule has 43 heavy (non-hydrogen) atoms. The fourth-order valence-electron chi connectivity index (χ4n) is 7.29. The van der Waals surface area contributed by atoms with Crippen LogP contribution in [0.5, 0.6) is 0 Å². The second-order valence-electron chi connectivity index (χ2n) is 11.7. The van der Waals surface area contributed by atoms with Crippen LogP contribution in [0.2, 0.25) is 0 Å². The van der Waals surface area contributed by atoms with E-state index in [1.54, 1.807) is 0 Å². The van der Waals surface area contributed by atoms with E-state index in [0.29, 0.717) is 5.92 Å². The summed E-state index contributed by atoms with van der Waals surface area (Å²) in [4.78, 5) is 0. The molecule has 1 aromatic heterocycles. The number of rotatable bonds is 3. The Morgan fingerprint density at radius 2 is 1.19 bits per heavy atom. The molecule has 0 saturated carbocycles. The number of hydrogen-bond donors (Lipinski definition) is 0. The summed E-state index contributed by atoms with van der Waals surface area (Å²) in [7, 11) is 0. The molecule has 8 aromatic rings. The van der Waals surface area contributed by atoms with Crippen LogP contribution in [0.25, 0.3) is 60.5 Å². The van der Waals surface area contributed by atoms with Crippen molar-refractivity contribution in [2.45, 2.75) is 12.3 Å². The van der Waals surface area contributed by atoms with Crippen molar-refractivity contribution in [2.24, 2.45) is 0 Å². The van der Waals surface area contributed by atoms with Crippen LogP contribution in [-0.2, 0) is 6.42 Å². The van der Waals surface area contributed by atoms with Gasteiger partial charge in [-0.1, -0.05) is 121 Å². The van der Waals surface area contributed by atoms with Crippen molar-refractivity contribution in [3.63, 3.8) is 0 Å². The minimum Gasteiger partial charge on any atom is -0.309 e. The Labute approximate surface area is 251 Å². The van der Waals surface area contributed by atoms with Gasteiger partial charge in [-0.3, -0.25) is 0 Å². The summed E-state index contributed by atoms with van der Waals surface area (Å²) in [5.41, 5.74) is 13.1. The first-order chi connectivity index (χ1) is 21.3. The predicted octanol–water partition coefficient (Wildman–Crippen LogP) is 11.0. The third-order valence-corrected chi connectivity index (χ3v) is 9.36. The zero-order valence-electron chi connectivity index (χ0n) is 23.7. The molecule has 7 aromatic carbocycles. The largest absolute Gasteiger partial charge is 0.309 e. The Bertz CT molecular complexity index is 2320. The molecule has 0 saturated heterocycles. The van der Waals surface area contributed by atoms with Crippen LogP contribution in [-0.4, -0.2) is 4.57 Å². The van der Waals surface area contributed by atoms with Gasteiger partial charge < -0.3 is 4.57 Å². The number of hydrogen-bond acceptors (Lipinski definition) is 0. The average Bonchev–Trinajstić information content (AvgIpc) is 3.41. The minimum absolute atomic E-state index is 0.383. The first kappa shape index (κ1) is 24.2. The minimum atomic E-state index is 0.383. The fourth-order valence-corrected chi connectivity index (χ4v) is 7.29. The lowest BCUT2D eigenvalue weighted by Crippen LogP contribution is -2.12. The number of aromatic nitrogens is 1. The average molecular weight is 548 g/mol. The van der Waals surface area contributed by atoms with Crippen molar-refractivity contribution in [1.29, 1.82) is 0 Å². The quantitative estimate of drug-likeness (QED) is 0.207. The summed E-state index contributed by atoms with van der Waals surface area (Å²) in [6, 6.07) is 58.2. The van der Waals surface area contributed by atoms with Gasteiger partial charge in [0.25, 0.3) is 0 Å². The molecule has 1 nitrogen and oxygen atoms in total. The second-order valence-corrected chi connectivity index (χ2v) is 11.7. The van der Waals surface area contributed by atoms with Gasteiger partial charge in [-0.15, -0.1) is 0 Å². The van der Waals surface area contributed by atoms with Gasteiger partial charge >= 0.3 is 0 Å². The highest BCUT2D eigenvalue weighted by atomic mass is 15.0. The van der Waals surface area contributed by atoms with Crippen molar-refractivity contribution >= 4 is 32.6 Å². The van der Waals surface area contributed by atoms with Gasteiger partial charge in [0.2, 0.25) is 0 Å². The molecule has 9 rings (SSSR count). The van der Waals surface area contributed by atoms with E-state index in [2.05, 4.69) is 162 Å². The van der Waals surface area contributed by atoms with Crippen LogP contribution in [0.4, 0.5) is 0 Å². The summed E-state index contributed by atoms with van der Waals surface area (Å²) in [6.45, 7) is 0. The van der Waals surface area contributed by atoms with Crippen LogP contribution in [0.3, 0.4) is 0 Å². The molecule has 0 N–H and O–H groups in total. The molecule has 0 bridgehead atoms. The van der Waals surface area contributed by atoms with Crippen molar-refractivity contribution < 1.29 is 0 Å². The van der Waals surface area contributed by atoms with E-state index in [-0.39, 0.29) is 0 Å². The highest BCUT2D eigenvalue weighted by Crippen LogP contribution is 2.44. The van der Waals surface area contributed by atoms with Crippen LogP contribution in [0.1, 0.15) is 22.6 Å². The van der Waals surface area contributed by atoms with Gasteiger partial charge in [0.1, 0.15) is 0 Å². The van der Waals surface area contributed by atoms with Crippen LogP contribution in [0.15, 0.2) is 158 Å². The van der Waals surface area contributed by atoms with Crippen molar-refractivity contribution in [2.75, 3.05) is 0 Å². The maximum Gasteiger partial charge on any atom is 0.0541 e. The van der Waals surface area contributed by atoms with Gasteiger partial charge in [0, 0.05) is 22.4 Å². The fraction of sp³-hybridized carbons (Fsp3) is 0.0476. The molecule has 1 aliphatic rings. The molecule has 0 aliphatic heterocycles. The number of nitrogens with zero attached hydrogens (tertiary/aromatic N) is 1. The summed E-state index contributed by atoms with van der Waals surface area (Å²) in [5, 5.41) is 5.08. The highest BCUT2D eigenvalue weighted by Gasteiger charge is 2.26. The third kappa shape index (κ3) is 3.86. The van der Waals surface area contributed by atoms with E-state index in [0.717, 1.165) is 6.42 Å². The lowest BCUT2D eigenvalue weighted by Gasteiger charge is -2.29. The van der Waals surface area contributed by atoms with E-state index < -0.39 is 0 Å². The topological polar surface area (TPSA) is 4.93 Å². The molecule has 1 heteroatoms.